The van der Waals surface area contributed by atoms with Gasteiger partial charge >= 0.3 is 0 Å². The zero-order chi connectivity index (χ0) is 19.3. The standard InChI is InChI=1S/C17H18N2O6S/c1-12(17(20)18-11-13-3-7-15(25-2)8-4-13)26(23,24)16-9-5-14(6-10-16)19(21)22/h3-10,12H,11H2,1-2H3,(H,18,20)/t12-/m1/s1. The first-order valence-electron chi connectivity index (χ1n) is 7.64. The lowest BCUT2D eigenvalue weighted by Gasteiger charge is -2.13. The van der Waals surface area contributed by atoms with E-state index in [1.807, 2.05) is 0 Å². The lowest BCUT2D eigenvalue weighted by atomic mass is 10.2. The van der Waals surface area contributed by atoms with Crippen molar-refractivity contribution in [1.29, 1.82) is 0 Å². The molecule has 0 bridgehead atoms. The molecule has 1 N–H and O–H groups in total. The maximum absolute atomic E-state index is 12.5. The summed E-state index contributed by atoms with van der Waals surface area (Å²) >= 11 is 0. The Morgan fingerprint density at radius 3 is 2.23 bits per heavy atom. The minimum atomic E-state index is -3.95. The molecular weight excluding hydrogens is 360 g/mol. The van der Waals surface area contributed by atoms with E-state index >= 15 is 0 Å². The average Bonchev–Trinajstić information content (AvgIpc) is 2.65. The number of nitrogens with zero attached hydrogens (tertiary/aromatic N) is 1. The van der Waals surface area contributed by atoms with Crippen LogP contribution in [0.2, 0.25) is 0 Å². The summed E-state index contributed by atoms with van der Waals surface area (Å²) in [5, 5.41) is 11.9. The molecule has 0 saturated carbocycles. The Bertz CT molecular complexity index is 892. The molecule has 2 rings (SSSR count). The Morgan fingerprint density at radius 2 is 1.73 bits per heavy atom. The van der Waals surface area contributed by atoms with E-state index in [1.54, 1.807) is 31.4 Å². The normalized spacial score (nSPS) is 12.2. The Kier molecular flexibility index (Phi) is 5.93. The fraction of sp³-hybridized carbons (Fsp3) is 0.235. The molecule has 0 fully saturated rings. The van der Waals surface area contributed by atoms with Crippen LogP contribution >= 0.6 is 0 Å². The van der Waals surface area contributed by atoms with Crippen LogP contribution in [0.1, 0.15) is 12.5 Å². The maximum Gasteiger partial charge on any atom is 0.269 e. The summed E-state index contributed by atoms with van der Waals surface area (Å²) in [7, 11) is -2.41. The zero-order valence-corrected chi connectivity index (χ0v) is 15.0. The van der Waals surface area contributed by atoms with E-state index in [4.69, 9.17) is 4.74 Å². The summed E-state index contributed by atoms with van der Waals surface area (Å²) in [5.74, 6) is 0.0216. The molecule has 0 aliphatic carbocycles. The SMILES string of the molecule is COc1ccc(CNC(=O)[C@@H](C)S(=O)(=O)c2ccc([N+](=O)[O-])cc2)cc1. The highest BCUT2D eigenvalue weighted by atomic mass is 32.2. The first-order chi connectivity index (χ1) is 12.3. The van der Waals surface area contributed by atoms with Crippen molar-refractivity contribution in [3.8, 4) is 5.75 Å². The highest BCUT2D eigenvalue weighted by molar-refractivity contribution is 7.92. The number of non-ortho nitro benzene ring substituents is 1. The topological polar surface area (TPSA) is 116 Å². The minimum absolute atomic E-state index is 0.143. The maximum atomic E-state index is 12.5. The fourth-order valence-electron chi connectivity index (χ4n) is 2.18. The minimum Gasteiger partial charge on any atom is -0.497 e. The molecule has 26 heavy (non-hydrogen) atoms. The second-order valence-electron chi connectivity index (χ2n) is 5.50. The number of carbonyl (C=O) groups is 1. The second-order valence-corrected chi connectivity index (χ2v) is 7.77. The van der Waals surface area contributed by atoms with Gasteiger partial charge in [0.05, 0.1) is 16.9 Å². The number of amides is 1. The van der Waals surface area contributed by atoms with Crippen molar-refractivity contribution < 1.29 is 22.9 Å². The number of carbonyl (C=O) groups excluding carboxylic acids is 1. The number of sulfone groups is 1. The molecule has 0 unspecified atom stereocenters. The van der Waals surface area contributed by atoms with Crippen LogP contribution in [0.15, 0.2) is 53.4 Å². The molecule has 0 aliphatic heterocycles. The van der Waals surface area contributed by atoms with Crippen LogP contribution in [0, 0.1) is 10.1 Å². The van der Waals surface area contributed by atoms with Crippen LogP contribution in [0.4, 0.5) is 5.69 Å². The van der Waals surface area contributed by atoms with E-state index in [9.17, 15) is 23.3 Å². The molecule has 9 heteroatoms. The van der Waals surface area contributed by atoms with Gasteiger partial charge in [-0.1, -0.05) is 12.1 Å². The molecule has 1 amide bonds. The van der Waals surface area contributed by atoms with Gasteiger partial charge in [-0.15, -0.1) is 0 Å². The number of nitrogens with one attached hydrogen (secondary N) is 1. The van der Waals surface area contributed by atoms with Gasteiger partial charge in [0.25, 0.3) is 5.69 Å². The molecule has 0 saturated heterocycles. The molecule has 138 valence electrons. The zero-order valence-electron chi connectivity index (χ0n) is 14.2. The van der Waals surface area contributed by atoms with Gasteiger partial charge in [-0.3, -0.25) is 14.9 Å². The van der Waals surface area contributed by atoms with Crippen LogP contribution in [0.25, 0.3) is 0 Å². The molecule has 8 nitrogen and oxygen atoms in total. The molecule has 2 aromatic carbocycles. The predicted molar refractivity (Wildman–Crippen MR) is 94.6 cm³/mol. The fourth-order valence-corrected chi connectivity index (χ4v) is 3.47. The van der Waals surface area contributed by atoms with Gasteiger partial charge in [0.15, 0.2) is 9.84 Å². The van der Waals surface area contributed by atoms with Gasteiger partial charge in [0.1, 0.15) is 11.0 Å². The molecule has 0 aromatic heterocycles. The van der Waals surface area contributed by atoms with Crippen molar-refractivity contribution >= 4 is 21.4 Å². The second kappa shape index (κ2) is 7.96. The molecule has 0 aliphatic rings. The number of nitro benzene ring substituents is 1. The molecule has 0 spiro atoms. The Morgan fingerprint density at radius 1 is 1.15 bits per heavy atom. The third kappa shape index (κ3) is 4.37. The van der Waals surface area contributed by atoms with Gasteiger partial charge in [-0.05, 0) is 36.8 Å². The van der Waals surface area contributed by atoms with E-state index in [2.05, 4.69) is 5.32 Å². The quantitative estimate of drug-likeness (QED) is 0.582. The van der Waals surface area contributed by atoms with Crippen LogP contribution in [-0.2, 0) is 21.2 Å². The van der Waals surface area contributed by atoms with Gasteiger partial charge in [-0.2, -0.15) is 0 Å². The van der Waals surface area contributed by atoms with Crippen molar-refractivity contribution in [1.82, 2.24) is 5.32 Å². The molecule has 2 aromatic rings. The molecule has 0 radical (unpaired) electrons. The van der Waals surface area contributed by atoms with Crippen LogP contribution in [0.3, 0.4) is 0 Å². The number of benzene rings is 2. The number of hydrogen-bond donors (Lipinski definition) is 1. The summed E-state index contributed by atoms with van der Waals surface area (Å²) in [5.41, 5.74) is 0.569. The first kappa shape index (κ1) is 19.4. The smallest absolute Gasteiger partial charge is 0.269 e. The third-order valence-corrected chi connectivity index (χ3v) is 5.91. The summed E-state index contributed by atoms with van der Waals surface area (Å²) in [4.78, 5) is 22.1. The van der Waals surface area contributed by atoms with Gasteiger partial charge < -0.3 is 10.1 Å². The average molecular weight is 378 g/mol. The van der Waals surface area contributed by atoms with E-state index < -0.39 is 25.9 Å². The van der Waals surface area contributed by atoms with Crippen LogP contribution < -0.4 is 10.1 Å². The van der Waals surface area contributed by atoms with Gasteiger partial charge in [0.2, 0.25) is 5.91 Å². The number of rotatable bonds is 7. The lowest BCUT2D eigenvalue weighted by Crippen LogP contribution is -2.37. The predicted octanol–water partition coefficient (Wildman–Crippen LogP) is 2.08. The van der Waals surface area contributed by atoms with Crippen molar-refractivity contribution in [3.63, 3.8) is 0 Å². The molecular formula is C17H18N2O6S. The Hall–Kier alpha value is -2.94. The van der Waals surface area contributed by atoms with E-state index in [1.165, 1.54) is 6.92 Å². The highest BCUT2D eigenvalue weighted by Crippen LogP contribution is 2.20. The van der Waals surface area contributed by atoms with E-state index in [0.717, 1.165) is 29.8 Å². The van der Waals surface area contributed by atoms with Crippen LogP contribution in [0.5, 0.6) is 5.75 Å². The monoisotopic (exact) mass is 378 g/mol. The number of methoxy groups -OCH3 is 1. The van der Waals surface area contributed by atoms with Crippen molar-refractivity contribution in [2.24, 2.45) is 0 Å². The van der Waals surface area contributed by atoms with Crippen molar-refractivity contribution in [2.75, 3.05) is 7.11 Å². The third-order valence-electron chi connectivity index (χ3n) is 3.84. The van der Waals surface area contributed by atoms with E-state index in [0.29, 0.717) is 5.75 Å². The van der Waals surface area contributed by atoms with Crippen molar-refractivity contribution in [3.05, 3.63) is 64.2 Å². The summed E-state index contributed by atoms with van der Waals surface area (Å²) in [6.07, 6.45) is 0. The number of ether oxygens (including phenoxy) is 1. The Balaban J connectivity index is 2.06. The largest absolute Gasteiger partial charge is 0.497 e. The van der Waals surface area contributed by atoms with Gasteiger partial charge in [-0.25, -0.2) is 8.42 Å². The summed E-state index contributed by atoms with van der Waals surface area (Å²) in [6.45, 7) is 1.45. The van der Waals surface area contributed by atoms with E-state index in [-0.39, 0.29) is 17.1 Å². The van der Waals surface area contributed by atoms with Crippen molar-refractivity contribution in [2.45, 2.75) is 23.6 Å². The molecule has 0 heterocycles. The number of hydrogen-bond acceptors (Lipinski definition) is 6. The Labute approximate surface area is 150 Å². The summed E-state index contributed by atoms with van der Waals surface area (Å²) in [6, 6.07) is 11.4. The lowest BCUT2D eigenvalue weighted by molar-refractivity contribution is -0.384. The van der Waals surface area contributed by atoms with Gasteiger partial charge in [0, 0.05) is 18.7 Å². The first-order valence-corrected chi connectivity index (χ1v) is 9.19. The highest BCUT2D eigenvalue weighted by Gasteiger charge is 2.30. The number of nitro groups is 1. The molecule has 1 atom stereocenters. The summed E-state index contributed by atoms with van der Waals surface area (Å²) < 4.78 is 30.0. The van der Waals surface area contributed by atoms with Crippen LogP contribution in [-0.4, -0.2) is 31.6 Å².